The number of carbonyl (C=O) groups is 2. The molecule has 2 N–H and O–H groups in total. The molecule has 1 fully saturated rings. The van der Waals surface area contributed by atoms with Gasteiger partial charge < -0.3 is 19.9 Å². The molecule has 3 rings (SSSR count). The summed E-state index contributed by atoms with van der Waals surface area (Å²) in [6, 6.07) is 0. The molecule has 3 aliphatic rings. The molecule has 6 heteroatoms. The van der Waals surface area contributed by atoms with Crippen LogP contribution in [0.2, 0.25) is 0 Å². The van der Waals surface area contributed by atoms with Crippen LogP contribution in [0.15, 0.2) is 23.8 Å². The zero-order valence-corrected chi connectivity index (χ0v) is 22.1. The lowest BCUT2D eigenvalue weighted by molar-refractivity contribution is -0.300. The van der Waals surface area contributed by atoms with Gasteiger partial charge in [-0.05, 0) is 76.7 Å². The van der Waals surface area contributed by atoms with Crippen molar-refractivity contribution in [3.05, 3.63) is 23.8 Å². The topological polar surface area (TPSA) is 87.9 Å². The van der Waals surface area contributed by atoms with E-state index in [1.165, 1.54) is 5.57 Å². The molecule has 7 atom stereocenters. The second-order valence-electron chi connectivity index (χ2n) is 11.8. The number of esters is 1. The van der Waals surface area contributed by atoms with Crippen LogP contribution < -0.4 is 5.73 Å². The van der Waals surface area contributed by atoms with Crippen molar-refractivity contribution in [1.82, 2.24) is 0 Å². The predicted molar refractivity (Wildman–Crippen MR) is 133 cm³/mol. The fraction of sp³-hybridized carbons (Fsp3) is 0.786. The molecule has 1 amide bonds. The van der Waals surface area contributed by atoms with E-state index < -0.39 is 11.2 Å². The lowest BCUT2D eigenvalue weighted by atomic mass is 9.65. The van der Waals surface area contributed by atoms with Gasteiger partial charge in [-0.15, -0.1) is 0 Å². The molecule has 0 unspecified atom stereocenters. The molecule has 1 saturated heterocycles. The van der Waals surface area contributed by atoms with Crippen LogP contribution in [0, 0.1) is 29.1 Å². The van der Waals surface area contributed by atoms with Gasteiger partial charge in [0.2, 0.25) is 5.91 Å². The Hall–Kier alpha value is -1.66. The Morgan fingerprint density at radius 1 is 1.15 bits per heavy atom. The molecule has 6 nitrogen and oxygen atoms in total. The summed E-state index contributed by atoms with van der Waals surface area (Å²) in [5.41, 5.74) is 6.25. The van der Waals surface area contributed by atoms with Crippen LogP contribution in [0.1, 0.15) is 87.0 Å². The highest BCUT2D eigenvalue weighted by atomic mass is 16.7. The molecule has 0 saturated carbocycles. The molecule has 0 bridgehead atoms. The Kier molecular flexibility index (Phi) is 8.34. The first-order valence-corrected chi connectivity index (χ1v) is 13.1. The summed E-state index contributed by atoms with van der Waals surface area (Å²) in [6.07, 6.45) is 10.9. The van der Waals surface area contributed by atoms with Gasteiger partial charge in [-0.3, -0.25) is 9.59 Å². The molecule has 0 spiro atoms. The number of hydrogen-bond acceptors (Lipinski definition) is 5. The van der Waals surface area contributed by atoms with Gasteiger partial charge in [0, 0.05) is 12.3 Å². The van der Waals surface area contributed by atoms with Crippen LogP contribution in [0.3, 0.4) is 0 Å². The van der Waals surface area contributed by atoms with Crippen LogP contribution >= 0.6 is 0 Å². The van der Waals surface area contributed by atoms with E-state index >= 15 is 0 Å². The van der Waals surface area contributed by atoms with Crippen molar-refractivity contribution in [2.24, 2.45) is 34.8 Å². The summed E-state index contributed by atoms with van der Waals surface area (Å²) in [7, 11) is 0. The number of amides is 1. The predicted octanol–water partition coefficient (Wildman–Crippen LogP) is 5.30. The van der Waals surface area contributed by atoms with Gasteiger partial charge in [-0.2, -0.15) is 0 Å². The quantitative estimate of drug-likeness (QED) is 0.481. The highest BCUT2D eigenvalue weighted by molar-refractivity contribution is 5.76. The third-order valence-electron chi connectivity index (χ3n) is 7.97. The van der Waals surface area contributed by atoms with E-state index in [1.807, 2.05) is 34.6 Å². The van der Waals surface area contributed by atoms with E-state index in [4.69, 9.17) is 19.9 Å². The summed E-state index contributed by atoms with van der Waals surface area (Å²) in [5.74, 6) is 0.122. The summed E-state index contributed by atoms with van der Waals surface area (Å²) in [4.78, 5) is 24.5. The molecule has 1 heterocycles. The van der Waals surface area contributed by atoms with Crippen molar-refractivity contribution in [2.45, 2.75) is 111 Å². The van der Waals surface area contributed by atoms with Gasteiger partial charge in [0.1, 0.15) is 6.10 Å². The molecule has 34 heavy (non-hydrogen) atoms. The summed E-state index contributed by atoms with van der Waals surface area (Å²) < 4.78 is 18.4. The minimum atomic E-state index is -0.740. The Morgan fingerprint density at radius 3 is 2.47 bits per heavy atom. The highest BCUT2D eigenvalue weighted by Crippen LogP contribution is 2.46. The first-order valence-electron chi connectivity index (χ1n) is 13.1. The number of hydrogen-bond donors (Lipinski definition) is 1. The second kappa shape index (κ2) is 10.5. The maximum absolute atomic E-state index is 13.0. The monoisotopic (exact) mass is 475 g/mol. The SMILES string of the molecule is CCC(C)(C)C(=O)O[C@H]1C[C@@H](C)C=C2C=C[C@H](C)[C@H](CC[C@@H]3C[C@H](CC(N)=O)OC(C)(C)O3)[C@H]21. The number of rotatable bonds is 8. The second-order valence-corrected chi connectivity index (χ2v) is 11.8. The molecule has 0 aromatic carbocycles. The van der Waals surface area contributed by atoms with E-state index in [1.54, 1.807) is 0 Å². The highest BCUT2D eigenvalue weighted by Gasteiger charge is 2.44. The molecule has 0 aromatic rings. The Labute approximate surface area is 205 Å². The minimum Gasteiger partial charge on any atom is -0.461 e. The van der Waals surface area contributed by atoms with Crippen molar-refractivity contribution in [1.29, 1.82) is 0 Å². The normalized spacial score (nSPS) is 35.3. The van der Waals surface area contributed by atoms with Crippen LogP contribution in [0.5, 0.6) is 0 Å². The number of carbonyl (C=O) groups excluding carboxylic acids is 2. The average Bonchev–Trinajstić information content (AvgIpc) is 2.71. The van der Waals surface area contributed by atoms with E-state index in [9.17, 15) is 9.59 Å². The summed E-state index contributed by atoms with van der Waals surface area (Å²) in [5, 5.41) is 0. The maximum Gasteiger partial charge on any atom is 0.311 e. The van der Waals surface area contributed by atoms with Crippen LogP contribution in [0.4, 0.5) is 0 Å². The van der Waals surface area contributed by atoms with Gasteiger partial charge in [0.05, 0.1) is 24.0 Å². The van der Waals surface area contributed by atoms with E-state index in [0.29, 0.717) is 24.2 Å². The smallest absolute Gasteiger partial charge is 0.311 e. The zero-order chi connectivity index (χ0) is 25.3. The van der Waals surface area contributed by atoms with E-state index in [-0.39, 0.29) is 42.5 Å². The largest absolute Gasteiger partial charge is 0.461 e. The van der Waals surface area contributed by atoms with Crippen molar-refractivity contribution in [3.8, 4) is 0 Å². The molecule has 1 aliphatic heterocycles. The fourth-order valence-corrected chi connectivity index (χ4v) is 5.79. The van der Waals surface area contributed by atoms with Crippen molar-refractivity contribution >= 4 is 11.9 Å². The number of primary amides is 1. The fourth-order valence-electron chi connectivity index (χ4n) is 5.79. The van der Waals surface area contributed by atoms with Crippen molar-refractivity contribution in [3.63, 3.8) is 0 Å². The molecular formula is C28H45NO5. The van der Waals surface area contributed by atoms with Gasteiger partial charge in [0.25, 0.3) is 0 Å². The Bertz CT molecular complexity index is 814. The first kappa shape index (κ1) is 26.9. The number of fused-ring (bicyclic) bond motifs is 1. The van der Waals surface area contributed by atoms with Gasteiger partial charge in [-0.25, -0.2) is 0 Å². The van der Waals surface area contributed by atoms with Crippen LogP contribution in [-0.2, 0) is 23.8 Å². The lowest BCUT2D eigenvalue weighted by Crippen LogP contribution is -2.46. The Morgan fingerprint density at radius 2 is 1.82 bits per heavy atom. The summed E-state index contributed by atoms with van der Waals surface area (Å²) in [6.45, 7) is 14.2. The standard InChI is InChI=1S/C28H45NO5/c1-8-27(4,5)26(31)32-23-14-17(2)13-19-10-9-18(3)22(25(19)23)12-11-20-15-21(16-24(29)30)34-28(6,7)33-20/h9-10,13,17-18,20-23,25H,8,11-12,14-16H2,1-7H3,(H2,29,30)/t17-,18-,20+,21+,22-,23-,25-/m0/s1. The molecule has 0 aromatic heterocycles. The van der Waals surface area contributed by atoms with E-state index in [0.717, 1.165) is 25.7 Å². The van der Waals surface area contributed by atoms with Crippen LogP contribution in [-0.4, -0.2) is 36.0 Å². The number of allylic oxidation sites excluding steroid dienone is 3. The van der Waals surface area contributed by atoms with Crippen molar-refractivity contribution < 1.29 is 23.8 Å². The van der Waals surface area contributed by atoms with Crippen molar-refractivity contribution in [2.75, 3.05) is 0 Å². The van der Waals surface area contributed by atoms with Gasteiger partial charge in [0.15, 0.2) is 5.79 Å². The maximum atomic E-state index is 13.0. The van der Waals surface area contributed by atoms with Crippen LogP contribution in [0.25, 0.3) is 0 Å². The first-order chi connectivity index (χ1) is 15.8. The minimum absolute atomic E-state index is 0.00109. The van der Waals surface area contributed by atoms with Gasteiger partial charge >= 0.3 is 5.97 Å². The third kappa shape index (κ3) is 6.51. The molecular weight excluding hydrogens is 430 g/mol. The average molecular weight is 476 g/mol. The molecule has 0 radical (unpaired) electrons. The lowest BCUT2D eigenvalue weighted by Gasteiger charge is -2.45. The number of nitrogens with two attached hydrogens (primary N) is 1. The van der Waals surface area contributed by atoms with Gasteiger partial charge in [-0.1, -0.05) is 39.0 Å². The van der Waals surface area contributed by atoms with E-state index in [2.05, 4.69) is 32.1 Å². The molecule has 2 aliphatic carbocycles. The number of ether oxygens (including phenoxy) is 3. The third-order valence-corrected chi connectivity index (χ3v) is 7.97. The Balaban J connectivity index is 1.75. The molecule has 192 valence electrons. The summed E-state index contributed by atoms with van der Waals surface area (Å²) >= 11 is 0. The zero-order valence-electron chi connectivity index (χ0n) is 22.1.